The van der Waals surface area contributed by atoms with E-state index in [1.165, 1.54) is 12.1 Å². The molecule has 1 aromatic rings. The van der Waals surface area contributed by atoms with Crippen molar-refractivity contribution >= 4 is 5.69 Å². The van der Waals surface area contributed by atoms with Gasteiger partial charge >= 0.3 is 0 Å². The summed E-state index contributed by atoms with van der Waals surface area (Å²) >= 11 is 0. The number of benzene rings is 1. The van der Waals surface area contributed by atoms with Crippen molar-refractivity contribution in [3.63, 3.8) is 0 Å². The van der Waals surface area contributed by atoms with Crippen molar-refractivity contribution in [1.82, 2.24) is 5.32 Å². The van der Waals surface area contributed by atoms with Crippen LogP contribution in [-0.4, -0.2) is 25.2 Å². The van der Waals surface area contributed by atoms with Crippen LogP contribution in [0.15, 0.2) is 24.3 Å². The lowest BCUT2D eigenvalue weighted by molar-refractivity contribution is 0.407. The first kappa shape index (κ1) is 17.5. The first-order chi connectivity index (χ1) is 10.0. The van der Waals surface area contributed by atoms with E-state index in [9.17, 15) is 9.65 Å². The van der Waals surface area contributed by atoms with Gasteiger partial charge < -0.3 is 4.90 Å². The highest BCUT2D eigenvalue weighted by molar-refractivity contribution is 5.45. The summed E-state index contributed by atoms with van der Waals surface area (Å²) in [5, 5.41) is 12.6. The average molecular weight is 291 g/mol. The fourth-order valence-electron chi connectivity index (χ4n) is 2.33. The smallest absolute Gasteiger partial charge is 0.123 e. The molecule has 4 heteroatoms. The minimum absolute atomic E-state index is 0.212. The van der Waals surface area contributed by atoms with Gasteiger partial charge in [-0.25, -0.2) is 4.39 Å². The van der Waals surface area contributed by atoms with E-state index in [1.807, 2.05) is 6.92 Å². The molecular formula is C17H26FN3. The minimum atomic E-state index is -0.460. The van der Waals surface area contributed by atoms with Gasteiger partial charge in [0.15, 0.2) is 0 Å². The predicted molar refractivity (Wildman–Crippen MR) is 85.8 cm³/mol. The Kier molecular flexibility index (Phi) is 7.18. The Balaban J connectivity index is 2.52. The SMILES string of the molecule is CCCNC(C)(C#N)CCCN(CC)c1ccc(F)cc1. The van der Waals surface area contributed by atoms with Crippen molar-refractivity contribution < 1.29 is 4.39 Å². The summed E-state index contributed by atoms with van der Waals surface area (Å²) < 4.78 is 13.0. The Hall–Kier alpha value is -1.60. The molecule has 0 aromatic heterocycles. The summed E-state index contributed by atoms with van der Waals surface area (Å²) in [5.74, 6) is -0.212. The van der Waals surface area contributed by atoms with E-state index in [0.29, 0.717) is 0 Å². The van der Waals surface area contributed by atoms with E-state index < -0.39 is 5.54 Å². The summed E-state index contributed by atoms with van der Waals surface area (Å²) in [6.07, 6.45) is 2.75. The first-order valence-corrected chi connectivity index (χ1v) is 7.71. The average Bonchev–Trinajstić information content (AvgIpc) is 2.51. The van der Waals surface area contributed by atoms with Crippen LogP contribution in [0.5, 0.6) is 0 Å². The quantitative estimate of drug-likeness (QED) is 0.754. The Morgan fingerprint density at radius 3 is 2.48 bits per heavy atom. The van der Waals surface area contributed by atoms with Crippen LogP contribution < -0.4 is 10.2 Å². The van der Waals surface area contributed by atoms with Crippen molar-refractivity contribution in [2.24, 2.45) is 0 Å². The molecule has 0 radical (unpaired) electrons. The molecule has 0 amide bonds. The maximum Gasteiger partial charge on any atom is 0.123 e. The number of nitrogens with one attached hydrogen (secondary N) is 1. The van der Waals surface area contributed by atoms with E-state index in [-0.39, 0.29) is 5.82 Å². The van der Waals surface area contributed by atoms with Gasteiger partial charge in [0.2, 0.25) is 0 Å². The summed E-state index contributed by atoms with van der Waals surface area (Å²) in [4.78, 5) is 2.21. The van der Waals surface area contributed by atoms with Crippen LogP contribution in [0.25, 0.3) is 0 Å². The zero-order chi connectivity index (χ0) is 15.7. The highest BCUT2D eigenvalue weighted by Gasteiger charge is 2.22. The van der Waals surface area contributed by atoms with Crippen LogP contribution >= 0.6 is 0 Å². The molecular weight excluding hydrogens is 265 g/mol. The summed E-state index contributed by atoms with van der Waals surface area (Å²) in [6, 6.07) is 8.95. The van der Waals surface area contributed by atoms with Crippen LogP contribution in [0.2, 0.25) is 0 Å². The van der Waals surface area contributed by atoms with Gasteiger partial charge in [-0.1, -0.05) is 6.92 Å². The molecule has 0 aliphatic carbocycles. The molecule has 1 aromatic carbocycles. The van der Waals surface area contributed by atoms with Gasteiger partial charge in [-0.15, -0.1) is 0 Å². The van der Waals surface area contributed by atoms with Crippen LogP contribution in [0.1, 0.15) is 40.0 Å². The van der Waals surface area contributed by atoms with E-state index in [2.05, 4.69) is 30.1 Å². The molecule has 0 saturated heterocycles. The monoisotopic (exact) mass is 291 g/mol. The highest BCUT2D eigenvalue weighted by Crippen LogP contribution is 2.17. The van der Waals surface area contributed by atoms with Gasteiger partial charge in [0.05, 0.1) is 6.07 Å². The molecule has 0 bridgehead atoms. The van der Waals surface area contributed by atoms with Crippen LogP contribution in [-0.2, 0) is 0 Å². The van der Waals surface area contributed by atoms with Gasteiger partial charge in [0.25, 0.3) is 0 Å². The number of hydrogen-bond donors (Lipinski definition) is 1. The third-order valence-electron chi connectivity index (χ3n) is 3.69. The Labute approximate surface area is 127 Å². The topological polar surface area (TPSA) is 39.1 Å². The van der Waals surface area contributed by atoms with Gasteiger partial charge in [-0.05, 0) is 63.9 Å². The normalized spacial score (nSPS) is 13.5. The number of rotatable bonds is 9. The van der Waals surface area contributed by atoms with Crippen molar-refractivity contribution in [2.45, 2.75) is 45.6 Å². The molecule has 0 spiro atoms. The van der Waals surface area contributed by atoms with E-state index in [4.69, 9.17) is 0 Å². The second kappa shape index (κ2) is 8.63. The Bertz CT molecular complexity index is 452. The zero-order valence-corrected chi connectivity index (χ0v) is 13.3. The lowest BCUT2D eigenvalue weighted by atomic mass is 9.97. The van der Waals surface area contributed by atoms with E-state index in [1.54, 1.807) is 12.1 Å². The number of halogens is 1. The van der Waals surface area contributed by atoms with Gasteiger partial charge in [-0.2, -0.15) is 5.26 Å². The molecule has 3 nitrogen and oxygen atoms in total. The van der Waals surface area contributed by atoms with Crippen LogP contribution in [0.3, 0.4) is 0 Å². The van der Waals surface area contributed by atoms with Gasteiger partial charge in [0.1, 0.15) is 11.4 Å². The Morgan fingerprint density at radius 2 is 1.95 bits per heavy atom. The largest absolute Gasteiger partial charge is 0.372 e. The van der Waals surface area contributed by atoms with Crippen molar-refractivity contribution in [3.8, 4) is 6.07 Å². The minimum Gasteiger partial charge on any atom is -0.372 e. The van der Waals surface area contributed by atoms with Crippen molar-refractivity contribution in [1.29, 1.82) is 5.26 Å². The fourth-order valence-corrected chi connectivity index (χ4v) is 2.33. The maximum atomic E-state index is 13.0. The number of nitriles is 1. The third kappa shape index (κ3) is 5.73. The van der Waals surface area contributed by atoms with E-state index >= 15 is 0 Å². The summed E-state index contributed by atoms with van der Waals surface area (Å²) in [5.41, 5.74) is 0.567. The van der Waals surface area contributed by atoms with E-state index in [0.717, 1.165) is 44.6 Å². The molecule has 0 aliphatic rings. The molecule has 116 valence electrons. The third-order valence-corrected chi connectivity index (χ3v) is 3.69. The van der Waals surface area contributed by atoms with Gasteiger partial charge in [0, 0.05) is 18.8 Å². The van der Waals surface area contributed by atoms with Crippen molar-refractivity contribution in [2.75, 3.05) is 24.5 Å². The fraction of sp³-hybridized carbons (Fsp3) is 0.588. The molecule has 1 atom stereocenters. The molecule has 1 unspecified atom stereocenters. The maximum absolute atomic E-state index is 13.0. The summed E-state index contributed by atoms with van der Waals surface area (Å²) in [6.45, 7) is 8.74. The lowest BCUT2D eigenvalue weighted by Gasteiger charge is -2.27. The van der Waals surface area contributed by atoms with Crippen molar-refractivity contribution in [3.05, 3.63) is 30.1 Å². The second-order valence-electron chi connectivity index (χ2n) is 5.53. The predicted octanol–water partition coefficient (Wildman–Crippen LogP) is 3.71. The number of hydrogen-bond acceptors (Lipinski definition) is 3. The second-order valence-corrected chi connectivity index (χ2v) is 5.53. The zero-order valence-electron chi connectivity index (χ0n) is 13.3. The molecule has 1 N–H and O–H groups in total. The number of anilines is 1. The standard InChI is InChI=1S/C17H26FN3/c1-4-12-20-17(3,14-19)11-6-13-21(5-2)16-9-7-15(18)8-10-16/h7-10,20H,4-6,11-13H2,1-3H3. The molecule has 21 heavy (non-hydrogen) atoms. The summed E-state index contributed by atoms with van der Waals surface area (Å²) in [7, 11) is 0. The van der Waals surface area contributed by atoms with Gasteiger partial charge in [-0.3, -0.25) is 5.32 Å². The van der Waals surface area contributed by atoms with Crippen LogP contribution in [0.4, 0.5) is 10.1 Å². The number of nitrogens with zero attached hydrogens (tertiary/aromatic N) is 2. The first-order valence-electron chi connectivity index (χ1n) is 7.71. The molecule has 0 fully saturated rings. The lowest BCUT2D eigenvalue weighted by Crippen LogP contribution is -2.42. The molecule has 0 aliphatic heterocycles. The highest BCUT2D eigenvalue weighted by atomic mass is 19.1. The molecule has 0 saturated carbocycles. The molecule has 1 rings (SSSR count). The molecule has 0 heterocycles. The van der Waals surface area contributed by atoms with Crippen LogP contribution in [0, 0.1) is 17.1 Å². The Morgan fingerprint density at radius 1 is 1.29 bits per heavy atom.